The summed E-state index contributed by atoms with van der Waals surface area (Å²) in [6.45, 7) is 0.964. The number of phenolic OH excluding ortho intramolecular Hbond substituents is 2. The summed E-state index contributed by atoms with van der Waals surface area (Å²) < 4.78 is 33.1. The third-order valence-corrected chi connectivity index (χ3v) is 7.70. The second-order valence-electron chi connectivity index (χ2n) is 10.6. The van der Waals surface area contributed by atoms with E-state index in [2.05, 4.69) is 0 Å². The minimum atomic E-state index is -1.77. The summed E-state index contributed by atoms with van der Waals surface area (Å²) >= 11 is 0. The van der Waals surface area contributed by atoms with E-state index in [1.807, 2.05) is 0 Å². The summed E-state index contributed by atoms with van der Waals surface area (Å²) in [5.74, 6) is -0.999. The van der Waals surface area contributed by atoms with E-state index >= 15 is 0 Å². The summed E-state index contributed by atoms with van der Waals surface area (Å²) in [4.78, 5) is 12.9. The van der Waals surface area contributed by atoms with Gasteiger partial charge in [0.15, 0.2) is 23.6 Å². The number of hydrogen-bond donors (Lipinski definition) is 8. The molecule has 15 heteroatoms. The van der Waals surface area contributed by atoms with Gasteiger partial charge in [-0.15, -0.1) is 0 Å². The molecule has 8 N–H and O–H groups in total. The normalized spacial score (nSPS) is 36.0. The summed E-state index contributed by atoms with van der Waals surface area (Å²) in [6, 6.07) is 6.90. The highest BCUT2D eigenvalue weighted by molar-refractivity contribution is 6.02. The number of ketones is 1. The number of aliphatic hydroxyl groups is 6. The number of Topliss-reactive ketones (excluding diaryl/α,β-unsaturated/α-hetero) is 1. The molecule has 5 rings (SSSR count). The molecule has 0 spiro atoms. The first-order valence-corrected chi connectivity index (χ1v) is 13.5. The minimum absolute atomic E-state index is 0.0457. The zero-order valence-corrected chi connectivity index (χ0v) is 23.1. The topological polar surface area (TPSA) is 234 Å². The fourth-order valence-corrected chi connectivity index (χ4v) is 5.20. The molecule has 43 heavy (non-hydrogen) atoms. The SMILES string of the molecule is COc1ccc([C@@H]2CC(=O)c3c(O)cc(OC4O[C@H](CO[C@H]5O[C@@H](C)[C@@H](O)[C@@H](O)[C@H]5O)[C@H](O)[C@H](O)[C@H]4O)cc3O2)cc1O. The second-order valence-corrected chi connectivity index (χ2v) is 10.6. The average Bonchev–Trinajstić information content (AvgIpc) is 2.97. The zero-order valence-electron chi connectivity index (χ0n) is 23.1. The van der Waals surface area contributed by atoms with Gasteiger partial charge in [-0.1, -0.05) is 6.07 Å². The predicted molar refractivity (Wildman–Crippen MR) is 141 cm³/mol. The van der Waals surface area contributed by atoms with Crippen molar-refractivity contribution in [2.75, 3.05) is 13.7 Å². The van der Waals surface area contributed by atoms with E-state index in [1.54, 1.807) is 6.07 Å². The van der Waals surface area contributed by atoms with Crippen molar-refractivity contribution in [2.45, 2.75) is 80.9 Å². The van der Waals surface area contributed by atoms with E-state index in [4.69, 9.17) is 28.4 Å². The van der Waals surface area contributed by atoms with E-state index in [9.17, 15) is 45.6 Å². The van der Waals surface area contributed by atoms with Crippen LogP contribution in [0.25, 0.3) is 0 Å². The maximum atomic E-state index is 12.9. The molecule has 0 aliphatic carbocycles. The maximum Gasteiger partial charge on any atom is 0.229 e. The Labute approximate surface area is 245 Å². The molecule has 0 aromatic heterocycles. The molecule has 0 amide bonds. The lowest BCUT2D eigenvalue weighted by molar-refractivity contribution is -0.318. The standard InChI is InChI=1S/C28H34O15/c1-10-21(32)23(34)25(36)27(40-10)39-9-19-22(33)24(35)26(37)28(43-19)41-12-6-14(30)20-15(31)8-17(42-18(20)7-12)11-3-4-16(38-2)13(29)5-11/h3-7,10,17,19,21-30,32-37H,8-9H2,1-2H3/t10-,17-,19+,21+,22-,23+,24-,25+,26+,27-,28?/m0/s1. The summed E-state index contributed by atoms with van der Waals surface area (Å²) in [5.41, 5.74) is 0.373. The number of ether oxygens (including phenoxy) is 6. The number of benzene rings is 2. The molecule has 11 atom stereocenters. The lowest BCUT2D eigenvalue weighted by Gasteiger charge is -2.42. The number of phenols is 2. The van der Waals surface area contributed by atoms with Gasteiger partial charge < -0.3 is 69.3 Å². The van der Waals surface area contributed by atoms with Crippen LogP contribution in [0.15, 0.2) is 30.3 Å². The molecule has 2 aromatic carbocycles. The highest BCUT2D eigenvalue weighted by Gasteiger charge is 2.47. The van der Waals surface area contributed by atoms with Gasteiger partial charge in [0.05, 0.1) is 26.2 Å². The number of hydrogen-bond acceptors (Lipinski definition) is 15. The van der Waals surface area contributed by atoms with E-state index < -0.39 is 85.7 Å². The Kier molecular flexibility index (Phi) is 8.99. The highest BCUT2D eigenvalue weighted by Crippen LogP contribution is 2.43. The second kappa shape index (κ2) is 12.4. The summed E-state index contributed by atoms with van der Waals surface area (Å²) in [5, 5.41) is 82.2. The van der Waals surface area contributed by atoms with E-state index in [0.717, 1.165) is 6.07 Å². The minimum Gasteiger partial charge on any atom is -0.507 e. The van der Waals surface area contributed by atoms with Crippen LogP contribution in [0.2, 0.25) is 0 Å². The predicted octanol–water partition coefficient (Wildman–Crippen LogP) is -1.16. The summed E-state index contributed by atoms with van der Waals surface area (Å²) in [6.07, 6.45) is -15.9. The van der Waals surface area contributed by atoms with Crippen LogP contribution in [-0.2, 0) is 14.2 Å². The molecule has 0 radical (unpaired) electrons. The van der Waals surface area contributed by atoms with E-state index in [1.165, 1.54) is 32.2 Å². The van der Waals surface area contributed by atoms with Crippen molar-refractivity contribution in [3.8, 4) is 28.7 Å². The third-order valence-electron chi connectivity index (χ3n) is 7.70. The molecule has 0 saturated carbocycles. The van der Waals surface area contributed by atoms with Crippen molar-refractivity contribution in [3.63, 3.8) is 0 Å². The van der Waals surface area contributed by atoms with Crippen LogP contribution in [0, 0.1) is 0 Å². The van der Waals surface area contributed by atoms with Gasteiger partial charge in [-0.3, -0.25) is 4.79 Å². The van der Waals surface area contributed by atoms with Crippen molar-refractivity contribution in [1.82, 2.24) is 0 Å². The molecule has 15 nitrogen and oxygen atoms in total. The monoisotopic (exact) mass is 610 g/mol. The number of methoxy groups -OCH3 is 1. The Hall–Kier alpha value is -3.25. The van der Waals surface area contributed by atoms with Crippen LogP contribution in [-0.4, -0.2) is 122 Å². The van der Waals surface area contributed by atoms with Crippen LogP contribution in [0.4, 0.5) is 0 Å². The first-order valence-electron chi connectivity index (χ1n) is 13.5. The van der Waals surface area contributed by atoms with E-state index in [-0.39, 0.29) is 35.0 Å². The number of aliphatic hydroxyl groups excluding tert-OH is 6. The Morgan fingerprint density at radius 2 is 1.53 bits per heavy atom. The molecular formula is C28H34O15. The molecule has 2 aromatic rings. The average molecular weight is 611 g/mol. The number of fused-ring (bicyclic) bond motifs is 1. The molecule has 2 fully saturated rings. The molecular weight excluding hydrogens is 576 g/mol. The highest BCUT2D eigenvalue weighted by atomic mass is 16.7. The van der Waals surface area contributed by atoms with Gasteiger partial charge in [0.2, 0.25) is 6.29 Å². The molecule has 3 heterocycles. The number of carbonyl (C=O) groups is 1. The van der Waals surface area contributed by atoms with Crippen molar-refractivity contribution >= 4 is 5.78 Å². The van der Waals surface area contributed by atoms with Crippen LogP contribution in [0.3, 0.4) is 0 Å². The summed E-state index contributed by atoms with van der Waals surface area (Å²) in [7, 11) is 1.39. The zero-order chi connectivity index (χ0) is 31.2. The smallest absolute Gasteiger partial charge is 0.229 e. The number of aromatic hydroxyl groups is 2. The van der Waals surface area contributed by atoms with Gasteiger partial charge in [-0.05, 0) is 24.6 Å². The van der Waals surface area contributed by atoms with Crippen LogP contribution >= 0.6 is 0 Å². The van der Waals surface area contributed by atoms with Crippen molar-refractivity contribution < 1.29 is 74.1 Å². The molecule has 236 valence electrons. The first-order chi connectivity index (χ1) is 20.4. The van der Waals surface area contributed by atoms with Gasteiger partial charge in [-0.2, -0.15) is 0 Å². The maximum absolute atomic E-state index is 12.9. The van der Waals surface area contributed by atoms with Crippen LogP contribution in [0.5, 0.6) is 28.7 Å². The lowest BCUT2D eigenvalue weighted by atomic mass is 9.95. The van der Waals surface area contributed by atoms with Gasteiger partial charge >= 0.3 is 0 Å². The molecule has 3 aliphatic heterocycles. The first kappa shape index (κ1) is 31.2. The van der Waals surface area contributed by atoms with E-state index in [0.29, 0.717) is 5.56 Å². The largest absolute Gasteiger partial charge is 0.507 e. The fourth-order valence-electron chi connectivity index (χ4n) is 5.20. The van der Waals surface area contributed by atoms with Crippen LogP contribution < -0.4 is 14.2 Å². The Morgan fingerprint density at radius 3 is 2.23 bits per heavy atom. The Morgan fingerprint density at radius 1 is 0.837 bits per heavy atom. The Bertz CT molecular complexity index is 1320. The fraction of sp³-hybridized carbons (Fsp3) is 0.536. The lowest BCUT2D eigenvalue weighted by Crippen LogP contribution is -2.61. The number of rotatable bonds is 7. The number of carbonyl (C=O) groups excluding carboxylic acids is 1. The van der Waals surface area contributed by atoms with Crippen molar-refractivity contribution in [1.29, 1.82) is 0 Å². The molecule has 3 aliphatic rings. The molecule has 2 saturated heterocycles. The van der Waals surface area contributed by atoms with Crippen molar-refractivity contribution in [3.05, 3.63) is 41.5 Å². The van der Waals surface area contributed by atoms with Gasteiger partial charge in [-0.25, -0.2) is 0 Å². The third kappa shape index (κ3) is 6.08. The Balaban J connectivity index is 1.30. The van der Waals surface area contributed by atoms with Crippen molar-refractivity contribution in [2.24, 2.45) is 0 Å². The van der Waals surface area contributed by atoms with Crippen LogP contribution in [0.1, 0.15) is 35.4 Å². The molecule has 0 bridgehead atoms. The van der Waals surface area contributed by atoms with Gasteiger partial charge in [0.1, 0.15) is 71.6 Å². The van der Waals surface area contributed by atoms with Gasteiger partial charge in [0.25, 0.3) is 0 Å². The molecule has 1 unspecified atom stereocenters. The van der Waals surface area contributed by atoms with Gasteiger partial charge in [0, 0.05) is 12.1 Å². The quantitative estimate of drug-likeness (QED) is 0.185.